The van der Waals surface area contributed by atoms with Crippen LogP contribution >= 0.6 is 11.3 Å². The smallest absolute Gasteiger partial charge is 0.0645 e. The normalized spacial score (nSPS) is 14.8. The Morgan fingerprint density at radius 1 is 0.800 bits per heavy atom. The molecule has 0 spiro atoms. The molecule has 0 fully saturated rings. The number of aromatic nitrogens is 1. The molecule has 0 saturated heterocycles. The first kappa shape index (κ1) is 7.46. The fraction of sp³-hybridized carbons (Fsp3) is 0. The zero-order valence-electron chi connectivity index (χ0n) is 14.4. The minimum atomic E-state index is -0.202. The number of nitrogens with one attached hydrogen (secondary N) is 1. The van der Waals surface area contributed by atoms with Gasteiger partial charge in [-0.3, -0.25) is 0 Å². The molecule has 5 rings (SSSR count). The molecule has 0 radical (unpaired) electrons. The Balaban J connectivity index is 2.03. The average Bonchev–Trinajstić information content (AvgIpc) is 3.13. The van der Waals surface area contributed by atoms with E-state index in [4.69, 9.17) is 5.48 Å². The van der Waals surface area contributed by atoms with Gasteiger partial charge in [0.2, 0.25) is 0 Å². The molecule has 1 nitrogen and oxygen atoms in total. The fourth-order valence-electron chi connectivity index (χ4n) is 2.82. The zero-order chi connectivity index (χ0) is 16.6. The summed E-state index contributed by atoms with van der Waals surface area (Å²) >= 11 is 1.70. The van der Waals surface area contributed by atoms with Crippen LogP contribution < -0.4 is 0 Å². The summed E-state index contributed by atoms with van der Waals surface area (Å²) in [5, 5.41) is 3.74. The highest BCUT2D eigenvalue weighted by atomic mass is 32.1. The molecular formula is C18H11NS. The Labute approximate surface area is 125 Å². The number of aromatic amines is 1. The van der Waals surface area contributed by atoms with Crippen molar-refractivity contribution in [3.05, 3.63) is 60.6 Å². The lowest BCUT2D eigenvalue weighted by molar-refractivity contribution is 1.56. The highest BCUT2D eigenvalue weighted by Gasteiger charge is 2.09. The molecule has 0 aliphatic rings. The Kier molecular flexibility index (Phi) is 1.35. The summed E-state index contributed by atoms with van der Waals surface area (Å²) in [6.45, 7) is 0. The van der Waals surface area contributed by atoms with Crippen LogP contribution in [0.4, 0.5) is 0 Å². The number of hydrogen-bond acceptors (Lipinski definition) is 1. The topological polar surface area (TPSA) is 15.8 Å². The van der Waals surface area contributed by atoms with Gasteiger partial charge in [0, 0.05) is 42.0 Å². The third-order valence-electron chi connectivity index (χ3n) is 3.73. The maximum atomic E-state index is 8.23. The van der Waals surface area contributed by atoms with Gasteiger partial charge in [0.25, 0.3) is 0 Å². The van der Waals surface area contributed by atoms with Crippen molar-refractivity contribution in [2.45, 2.75) is 0 Å². The third kappa shape index (κ3) is 1.27. The second-order valence-corrected chi connectivity index (χ2v) is 5.95. The number of rotatable bonds is 0. The van der Waals surface area contributed by atoms with Crippen LogP contribution in [0.3, 0.4) is 0 Å². The molecule has 0 amide bonds. The quantitative estimate of drug-likeness (QED) is 0.374. The van der Waals surface area contributed by atoms with Crippen LogP contribution in [0.15, 0.2) is 60.6 Å². The van der Waals surface area contributed by atoms with Gasteiger partial charge in [0.15, 0.2) is 0 Å². The summed E-state index contributed by atoms with van der Waals surface area (Å²) in [7, 11) is 0. The van der Waals surface area contributed by atoms with Crippen LogP contribution in [0.25, 0.3) is 42.0 Å². The minimum Gasteiger partial charge on any atom is -0.354 e. The van der Waals surface area contributed by atoms with E-state index in [1.807, 2.05) is 18.2 Å². The average molecular weight is 277 g/mol. The molecule has 0 bridgehead atoms. The Morgan fingerprint density at radius 2 is 1.70 bits per heavy atom. The predicted octanol–water partition coefficient (Wildman–Crippen LogP) is 5.69. The summed E-state index contributed by atoms with van der Waals surface area (Å²) in [6.07, 6.45) is 0. The summed E-state index contributed by atoms with van der Waals surface area (Å²) in [5.41, 5.74) is 1.31. The van der Waals surface area contributed by atoms with Crippen molar-refractivity contribution in [1.82, 2.24) is 4.98 Å². The van der Waals surface area contributed by atoms with E-state index >= 15 is 0 Å². The number of fused-ring (bicyclic) bond motifs is 6. The number of benzene rings is 3. The molecule has 0 aliphatic heterocycles. The summed E-state index contributed by atoms with van der Waals surface area (Å²) in [5.74, 6) is 0. The van der Waals surface area contributed by atoms with E-state index in [9.17, 15) is 0 Å². The van der Waals surface area contributed by atoms with E-state index in [1.165, 1.54) is 10.1 Å². The first-order valence-corrected chi connectivity index (χ1v) is 7.21. The molecule has 0 unspecified atom stereocenters. The highest BCUT2D eigenvalue weighted by Crippen LogP contribution is 2.37. The Hall–Kier alpha value is -2.32. The molecule has 0 saturated carbocycles. The SMILES string of the molecule is [2H]c1c([2H])c([2H])c2c([nH]c3cc4c(cc32)sc2ccccc24)c1[2H]. The van der Waals surface area contributed by atoms with Gasteiger partial charge in [0.05, 0.1) is 5.48 Å². The van der Waals surface area contributed by atoms with E-state index < -0.39 is 0 Å². The zero-order valence-corrected chi connectivity index (χ0v) is 11.2. The van der Waals surface area contributed by atoms with Gasteiger partial charge in [0.1, 0.15) is 0 Å². The predicted molar refractivity (Wildman–Crippen MR) is 88.7 cm³/mol. The maximum absolute atomic E-state index is 8.23. The van der Waals surface area contributed by atoms with Crippen molar-refractivity contribution in [2.24, 2.45) is 0 Å². The summed E-state index contributed by atoms with van der Waals surface area (Å²) in [4.78, 5) is 3.20. The van der Waals surface area contributed by atoms with Crippen LogP contribution in [0, 0.1) is 0 Å². The van der Waals surface area contributed by atoms with Gasteiger partial charge in [-0.2, -0.15) is 0 Å². The lowest BCUT2D eigenvalue weighted by Crippen LogP contribution is -1.69. The molecule has 3 aromatic carbocycles. The van der Waals surface area contributed by atoms with Crippen LogP contribution in [0.2, 0.25) is 0 Å². The van der Waals surface area contributed by atoms with Crippen LogP contribution in [0.1, 0.15) is 5.48 Å². The van der Waals surface area contributed by atoms with E-state index in [0.29, 0.717) is 10.9 Å². The van der Waals surface area contributed by atoms with Crippen molar-refractivity contribution in [2.75, 3.05) is 0 Å². The van der Waals surface area contributed by atoms with Crippen molar-refractivity contribution in [1.29, 1.82) is 0 Å². The van der Waals surface area contributed by atoms with Crippen molar-refractivity contribution >= 4 is 53.3 Å². The summed E-state index contributed by atoms with van der Waals surface area (Å²) < 4.78 is 34.5. The molecule has 2 aromatic heterocycles. The van der Waals surface area contributed by atoms with Gasteiger partial charge in [-0.15, -0.1) is 11.3 Å². The fourth-order valence-corrected chi connectivity index (χ4v) is 3.95. The van der Waals surface area contributed by atoms with Gasteiger partial charge in [-0.05, 0) is 24.2 Å². The number of H-pyrrole nitrogens is 1. The molecular weight excluding hydrogens is 262 g/mol. The number of hydrogen-bond donors (Lipinski definition) is 1. The van der Waals surface area contributed by atoms with Gasteiger partial charge in [-0.1, -0.05) is 36.3 Å². The molecule has 2 heteroatoms. The van der Waals surface area contributed by atoms with E-state index in [0.717, 1.165) is 21.0 Å². The van der Waals surface area contributed by atoms with E-state index in [1.54, 1.807) is 11.3 Å². The van der Waals surface area contributed by atoms with Crippen molar-refractivity contribution in [3.8, 4) is 0 Å². The lowest BCUT2D eigenvalue weighted by Gasteiger charge is -1.93. The van der Waals surface area contributed by atoms with Crippen LogP contribution in [0.5, 0.6) is 0 Å². The van der Waals surface area contributed by atoms with Crippen molar-refractivity contribution in [3.63, 3.8) is 0 Å². The molecule has 5 aromatic rings. The standard InChI is InChI=1S/C18H11NS/c1-3-7-15-11(5-1)13-10-18-14(9-16(13)19-15)12-6-2-4-8-17(12)20-18/h1-10,19H/i1D,3D,5D,7D. The van der Waals surface area contributed by atoms with Crippen LogP contribution in [-0.4, -0.2) is 4.98 Å². The van der Waals surface area contributed by atoms with Gasteiger partial charge >= 0.3 is 0 Å². The Morgan fingerprint density at radius 3 is 2.70 bits per heavy atom. The lowest BCUT2D eigenvalue weighted by atomic mass is 10.1. The third-order valence-corrected chi connectivity index (χ3v) is 4.87. The number of thiophene rings is 1. The van der Waals surface area contributed by atoms with Crippen LogP contribution in [-0.2, 0) is 0 Å². The molecule has 1 N–H and O–H groups in total. The Bertz CT molecular complexity index is 1300. The van der Waals surface area contributed by atoms with E-state index in [2.05, 4.69) is 23.2 Å². The molecule has 0 aliphatic carbocycles. The van der Waals surface area contributed by atoms with Gasteiger partial charge < -0.3 is 4.98 Å². The summed E-state index contributed by atoms with van der Waals surface area (Å²) in [6, 6.07) is 11.9. The van der Waals surface area contributed by atoms with Crippen molar-refractivity contribution < 1.29 is 5.48 Å². The highest BCUT2D eigenvalue weighted by molar-refractivity contribution is 7.25. The van der Waals surface area contributed by atoms with E-state index in [-0.39, 0.29) is 24.2 Å². The largest absolute Gasteiger partial charge is 0.354 e. The molecule has 0 atom stereocenters. The minimum absolute atomic E-state index is 0.0118. The first-order chi connectivity index (χ1) is 11.6. The second kappa shape index (κ2) is 3.62. The van der Waals surface area contributed by atoms with Gasteiger partial charge in [-0.25, -0.2) is 0 Å². The number of para-hydroxylation sites is 1. The monoisotopic (exact) mass is 277 g/mol. The second-order valence-electron chi connectivity index (χ2n) is 4.87. The molecule has 2 heterocycles. The molecule has 20 heavy (non-hydrogen) atoms. The maximum Gasteiger partial charge on any atom is 0.0645 e. The molecule has 94 valence electrons. The first-order valence-electron chi connectivity index (χ1n) is 8.39.